The Kier molecular flexibility index (Phi) is 7.79. The molecule has 0 radical (unpaired) electrons. The summed E-state index contributed by atoms with van der Waals surface area (Å²) in [5.41, 5.74) is 0.990. The van der Waals surface area contributed by atoms with Crippen molar-refractivity contribution in [1.29, 1.82) is 0 Å². The molecule has 150 valence electrons. The van der Waals surface area contributed by atoms with Gasteiger partial charge in [-0.25, -0.2) is 8.42 Å². The molecule has 0 unspecified atom stereocenters. The van der Waals surface area contributed by atoms with Crippen molar-refractivity contribution in [2.24, 2.45) is 0 Å². The maximum Gasteiger partial charge on any atom is 0.309 e. The van der Waals surface area contributed by atoms with Crippen LogP contribution in [-0.4, -0.2) is 50.2 Å². The van der Waals surface area contributed by atoms with E-state index in [1.54, 1.807) is 24.3 Å². The average molecular weight is 396 g/mol. The van der Waals surface area contributed by atoms with E-state index in [1.165, 1.54) is 4.31 Å². The number of benzene rings is 1. The summed E-state index contributed by atoms with van der Waals surface area (Å²) < 4.78 is 27.2. The molecule has 1 aromatic rings. The Morgan fingerprint density at radius 1 is 1.11 bits per heavy atom. The lowest BCUT2D eigenvalue weighted by Crippen LogP contribution is -2.47. The average Bonchev–Trinajstić information content (AvgIpc) is 3.13. The Hall–Kier alpha value is -1.93. The van der Waals surface area contributed by atoms with E-state index in [0.29, 0.717) is 19.5 Å². The first-order valence-corrected chi connectivity index (χ1v) is 10.9. The predicted octanol–water partition coefficient (Wildman–Crippen LogP) is 1.57. The molecule has 1 aliphatic rings. The van der Waals surface area contributed by atoms with Crippen LogP contribution in [0, 0.1) is 6.92 Å². The third-order valence-corrected chi connectivity index (χ3v) is 6.69. The van der Waals surface area contributed by atoms with E-state index in [-0.39, 0.29) is 17.5 Å². The van der Waals surface area contributed by atoms with E-state index in [1.807, 2.05) is 6.92 Å². The standard InChI is InChI=1S/C19H29N3O4S/c1-3-4-5-12-20-18(23)19(24)21-14-16-7-6-13-22(16)27(25,26)17-10-8-15(2)9-11-17/h8-11,16H,3-7,12-14H2,1-2H3,(H,20,23)(H,21,24)/t16-/m1/s1. The van der Waals surface area contributed by atoms with Gasteiger partial charge in [-0.3, -0.25) is 9.59 Å². The Morgan fingerprint density at radius 3 is 2.44 bits per heavy atom. The lowest BCUT2D eigenvalue weighted by atomic mass is 10.2. The quantitative estimate of drug-likeness (QED) is 0.516. The minimum Gasteiger partial charge on any atom is -0.348 e. The Morgan fingerprint density at radius 2 is 1.78 bits per heavy atom. The SMILES string of the molecule is CCCCCNC(=O)C(=O)NC[C@H]1CCCN1S(=O)(=O)c1ccc(C)cc1. The number of carbonyl (C=O) groups is 2. The number of rotatable bonds is 8. The molecule has 1 saturated heterocycles. The van der Waals surface area contributed by atoms with Crippen LogP contribution in [0.2, 0.25) is 0 Å². The number of carbonyl (C=O) groups excluding carboxylic acids is 2. The van der Waals surface area contributed by atoms with Crippen molar-refractivity contribution in [3.63, 3.8) is 0 Å². The van der Waals surface area contributed by atoms with Crippen LogP contribution in [0.3, 0.4) is 0 Å². The largest absolute Gasteiger partial charge is 0.348 e. The van der Waals surface area contributed by atoms with Crippen molar-refractivity contribution >= 4 is 21.8 Å². The molecule has 8 heteroatoms. The number of hydrogen-bond donors (Lipinski definition) is 2. The van der Waals surface area contributed by atoms with Crippen LogP contribution in [0.5, 0.6) is 0 Å². The van der Waals surface area contributed by atoms with Crippen molar-refractivity contribution in [1.82, 2.24) is 14.9 Å². The van der Waals surface area contributed by atoms with E-state index >= 15 is 0 Å². The van der Waals surface area contributed by atoms with Gasteiger partial charge in [0.2, 0.25) is 10.0 Å². The fourth-order valence-corrected chi connectivity index (χ4v) is 4.82. The monoisotopic (exact) mass is 395 g/mol. The minimum absolute atomic E-state index is 0.131. The first-order chi connectivity index (χ1) is 12.9. The highest BCUT2D eigenvalue weighted by atomic mass is 32.2. The fourth-order valence-electron chi connectivity index (χ4n) is 3.12. The molecule has 1 atom stereocenters. The van der Waals surface area contributed by atoms with Crippen LogP contribution in [0.15, 0.2) is 29.2 Å². The summed E-state index contributed by atoms with van der Waals surface area (Å²) in [5.74, 6) is -1.39. The molecular weight excluding hydrogens is 366 g/mol. The van der Waals surface area contributed by atoms with Crippen molar-refractivity contribution in [2.45, 2.75) is 56.9 Å². The third kappa shape index (κ3) is 5.77. The highest BCUT2D eigenvalue weighted by Gasteiger charge is 2.35. The van der Waals surface area contributed by atoms with E-state index in [4.69, 9.17) is 0 Å². The molecule has 0 aliphatic carbocycles. The van der Waals surface area contributed by atoms with Crippen LogP contribution < -0.4 is 10.6 Å². The van der Waals surface area contributed by atoms with Crippen molar-refractivity contribution in [3.05, 3.63) is 29.8 Å². The Balaban J connectivity index is 1.91. The summed E-state index contributed by atoms with van der Waals surface area (Å²) in [6.45, 7) is 4.98. The second-order valence-corrected chi connectivity index (χ2v) is 8.79. The fraction of sp³-hybridized carbons (Fsp3) is 0.579. The summed E-state index contributed by atoms with van der Waals surface area (Å²) >= 11 is 0. The second kappa shape index (κ2) is 9.85. The Bertz CT molecular complexity index is 747. The molecule has 2 amide bonds. The third-order valence-electron chi connectivity index (χ3n) is 4.72. The Labute approximate surface area is 161 Å². The van der Waals surface area contributed by atoms with Gasteiger partial charge in [-0.15, -0.1) is 0 Å². The van der Waals surface area contributed by atoms with Gasteiger partial charge in [0, 0.05) is 25.7 Å². The first kappa shape index (κ1) is 21.4. The van der Waals surface area contributed by atoms with Crippen LogP contribution in [0.25, 0.3) is 0 Å². The van der Waals surface area contributed by atoms with Gasteiger partial charge in [-0.2, -0.15) is 4.31 Å². The van der Waals surface area contributed by atoms with E-state index in [9.17, 15) is 18.0 Å². The maximum absolute atomic E-state index is 12.9. The zero-order valence-corrected chi connectivity index (χ0v) is 16.8. The molecule has 1 heterocycles. The summed E-state index contributed by atoms with van der Waals surface area (Å²) in [4.78, 5) is 24.0. The van der Waals surface area contributed by atoms with Crippen LogP contribution in [-0.2, 0) is 19.6 Å². The molecule has 27 heavy (non-hydrogen) atoms. The van der Waals surface area contributed by atoms with Crippen LogP contribution in [0.1, 0.15) is 44.6 Å². The first-order valence-electron chi connectivity index (χ1n) is 9.50. The van der Waals surface area contributed by atoms with Crippen molar-refractivity contribution < 1.29 is 18.0 Å². The number of aryl methyl sites for hydroxylation is 1. The van der Waals surface area contributed by atoms with Gasteiger partial charge in [-0.05, 0) is 38.3 Å². The molecule has 0 saturated carbocycles. The molecular formula is C19H29N3O4S. The summed E-state index contributed by atoms with van der Waals surface area (Å²) in [5, 5.41) is 5.15. The van der Waals surface area contributed by atoms with Crippen molar-refractivity contribution in [2.75, 3.05) is 19.6 Å². The van der Waals surface area contributed by atoms with Gasteiger partial charge < -0.3 is 10.6 Å². The maximum atomic E-state index is 12.9. The molecule has 0 aromatic heterocycles. The van der Waals surface area contributed by atoms with Crippen LogP contribution in [0.4, 0.5) is 0 Å². The second-order valence-electron chi connectivity index (χ2n) is 6.90. The van der Waals surface area contributed by atoms with Gasteiger partial charge in [0.25, 0.3) is 0 Å². The summed E-state index contributed by atoms with van der Waals surface area (Å²) in [6, 6.07) is 6.39. The van der Waals surface area contributed by atoms with Crippen molar-refractivity contribution in [3.8, 4) is 0 Å². The topological polar surface area (TPSA) is 95.6 Å². The lowest BCUT2D eigenvalue weighted by molar-refractivity contribution is -0.139. The smallest absolute Gasteiger partial charge is 0.309 e. The molecule has 1 aromatic carbocycles. The van der Waals surface area contributed by atoms with Gasteiger partial charge in [-0.1, -0.05) is 37.5 Å². The molecule has 2 N–H and O–H groups in total. The molecule has 1 aliphatic heterocycles. The predicted molar refractivity (Wildman–Crippen MR) is 104 cm³/mol. The number of amides is 2. The number of sulfonamides is 1. The van der Waals surface area contributed by atoms with Gasteiger partial charge in [0.05, 0.1) is 4.90 Å². The number of nitrogens with zero attached hydrogens (tertiary/aromatic N) is 1. The molecule has 0 bridgehead atoms. The minimum atomic E-state index is -3.61. The number of nitrogens with one attached hydrogen (secondary N) is 2. The highest BCUT2D eigenvalue weighted by Crippen LogP contribution is 2.25. The normalized spacial score (nSPS) is 17.6. The molecule has 2 rings (SSSR count). The summed E-state index contributed by atoms with van der Waals surface area (Å²) in [6.07, 6.45) is 4.25. The zero-order valence-electron chi connectivity index (χ0n) is 16.0. The number of hydrogen-bond acceptors (Lipinski definition) is 4. The van der Waals surface area contributed by atoms with Crippen LogP contribution >= 0.6 is 0 Å². The number of unbranched alkanes of at least 4 members (excludes halogenated alkanes) is 2. The van der Waals surface area contributed by atoms with E-state index < -0.39 is 21.8 Å². The molecule has 0 spiro atoms. The molecule has 7 nitrogen and oxygen atoms in total. The van der Waals surface area contributed by atoms with E-state index in [0.717, 1.165) is 31.2 Å². The lowest BCUT2D eigenvalue weighted by Gasteiger charge is -2.24. The van der Waals surface area contributed by atoms with Gasteiger partial charge >= 0.3 is 11.8 Å². The van der Waals surface area contributed by atoms with Gasteiger partial charge in [0.15, 0.2) is 0 Å². The van der Waals surface area contributed by atoms with E-state index in [2.05, 4.69) is 17.6 Å². The highest BCUT2D eigenvalue weighted by molar-refractivity contribution is 7.89. The zero-order chi connectivity index (χ0) is 19.9. The van der Waals surface area contributed by atoms with Gasteiger partial charge in [0.1, 0.15) is 0 Å². The summed E-state index contributed by atoms with van der Waals surface area (Å²) in [7, 11) is -3.61. The molecule has 1 fully saturated rings.